The molecule has 0 radical (unpaired) electrons. The minimum Gasteiger partial charge on any atom is -0.640 e. The minimum absolute atomic E-state index is 0. The lowest BCUT2D eigenvalue weighted by Gasteiger charge is -2.09. The fraction of sp³-hybridized carbons (Fsp3) is 1.00. The first-order chi connectivity index (χ1) is 10.7. The molecule has 0 spiro atoms. The number of rotatable bonds is 10. The maximum atomic E-state index is 5.58. The Kier molecular flexibility index (Phi) is 69.7. The van der Waals surface area contributed by atoms with Gasteiger partial charge in [0.15, 0.2) is 0 Å². The molecule has 0 amide bonds. The van der Waals surface area contributed by atoms with Gasteiger partial charge in [0, 0.05) is 25.2 Å². The van der Waals surface area contributed by atoms with Gasteiger partial charge in [0.2, 0.25) is 0 Å². The van der Waals surface area contributed by atoms with E-state index < -0.39 is 57.9 Å². The summed E-state index contributed by atoms with van der Waals surface area (Å²) < 4.78 is 26.5. The van der Waals surface area contributed by atoms with Crippen LogP contribution in [-0.2, 0) is 18.0 Å². The molecule has 5 nitrogen and oxygen atoms in total. The molecule has 0 saturated carbocycles. The van der Waals surface area contributed by atoms with Crippen molar-refractivity contribution >= 4 is 89.0 Å². The second-order valence-corrected chi connectivity index (χ2v) is 18.5. The van der Waals surface area contributed by atoms with Crippen LogP contribution in [0, 0.1) is 0 Å². The molecule has 0 heterocycles. The Bertz CT molecular complexity index is 218. The predicted molar refractivity (Wildman–Crippen MR) is 138 cm³/mol. The van der Waals surface area contributed by atoms with Crippen molar-refractivity contribution in [2.75, 3.05) is 25.2 Å². The zero-order valence-electron chi connectivity index (χ0n) is 17.2. The molecule has 0 aromatic rings. The first-order valence-electron chi connectivity index (χ1n) is 8.61. The third kappa shape index (κ3) is 58.6. The summed E-state index contributed by atoms with van der Waals surface area (Å²) in [5.41, 5.74) is 1.67. The van der Waals surface area contributed by atoms with Crippen LogP contribution < -0.4 is 0 Å². The van der Waals surface area contributed by atoms with Crippen LogP contribution in [0.15, 0.2) is 0 Å². The van der Waals surface area contributed by atoms with Crippen LogP contribution in [0.4, 0.5) is 0 Å². The van der Waals surface area contributed by atoms with E-state index in [1.54, 1.807) is 14.2 Å². The smallest absolute Gasteiger partial charge is 0.485 e. The summed E-state index contributed by atoms with van der Waals surface area (Å²) in [5, 5.41) is 0. The van der Waals surface area contributed by atoms with Gasteiger partial charge in [0.05, 0.1) is 0 Å². The molecule has 0 atom stereocenters. The van der Waals surface area contributed by atoms with Crippen LogP contribution in [0.5, 0.6) is 0 Å². The highest BCUT2D eigenvalue weighted by Gasteiger charge is 2.15. The zero-order chi connectivity index (χ0) is 18.7. The zero-order valence-corrected chi connectivity index (χ0v) is 24.6. The molecular weight excluding hydrogens is 434 g/mol. The fourth-order valence-corrected chi connectivity index (χ4v) is 7.81. The van der Waals surface area contributed by atoms with E-state index >= 15 is 0 Å². The molecule has 0 aromatic carbocycles. The van der Waals surface area contributed by atoms with E-state index in [-0.39, 0.29) is 60.8 Å². The summed E-state index contributed by atoms with van der Waals surface area (Å²) in [6, 6.07) is 0. The summed E-state index contributed by atoms with van der Waals surface area (Å²) in [5.74, 6) is 17.4. The number of hydrogen-bond donors (Lipinski definition) is 0. The molecule has 0 N–H and O–H groups in total. The number of ether oxygens (including phenoxy) is 1. The SMILES string of the molecule is C.C.C.C.C[O][Al]([CH3])[CH2]O[CH2][Al]([CH3])[O][AlH][CH3].C[O][Al]([CH3])[CH3].[CH3][AlH][O][Al]([CH3])[CH3]. The van der Waals surface area contributed by atoms with Crippen molar-refractivity contribution in [3.05, 3.63) is 0 Å². The van der Waals surface area contributed by atoms with Gasteiger partial charge in [-0.1, -0.05) is 76.0 Å². The van der Waals surface area contributed by atoms with Gasteiger partial charge in [-0.15, -0.1) is 0 Å². The normalized spacial score (nSPS) is 7.48. The quantitative estimate of drug-likeness (QED) is 0.427. The average Bonchev–Trinajstić information content (AvgIpc) is 2.48. The summed E-state index contributed by atoms with van der Waals surface area (Å²) in [7, 11) is 3.52. The van der Waals surface area contributed by atoms with Gasteiger partial charge in [-0.25, -0.2) is 0 Å². The monoisotopic (exact) mass is 486 g/mol. The van der Waals surface area contributed by atoms with E-state index in [0.29, 0.717) is 0 Å². The molecule has 0 fully saturated rings. The summed E-state index contributed by atoms with van der Waals surface area (Å²) >= 11 is -3.52. The van der Waals surface area contributed by atoms with Gasteiger partial charge in [-0.2, -0.15) is 0 Å². The Balaban J connectivity index is -0.0000000461. The number of hydrogen-bond acceptors (Lipinski definition) is 5. The van der Waals surface area contributed by atoms with Crippen LogP contribution >= 0.6 is 0 Å². The Hall–Kier alpha value is 2.99. The second-order valence-electron chi connectivity index (χ2n) is 5.64. The fourth-order valence-electron chi connectivity index (χ4n) is 1.13. The summed E-state index contributed by atoms with van der Waals surface area (Å²) in [6.07, 6.45) is 0. The van der Waals surface area contributed by atoms with E-state index in [1.807, 2.05) is 0 Å². The lowest BCUT2D eigenvalue weighted by molar-refractivity contribution is 0.200. The molecule has 0 aliphatic heterocycles. The van der Waals surface area contributed by atoms with Crippen molar-refractivity contribution in [2.24, 2.45) is 0 Å². The maximum Gasteiger partial charge on any atom is 0.485 e. The Labute approximate surface area is 206 Å². The average molecular weight is 486 g/mol. The summed E-state index contributed by atoms with van der Waals surface area (Å²) in [6.45, 7) is 0. The Morgan fingerprint density at radius 3 is 1.19 bits per heavy atom. The highest BCUT2D eigenvalue weighted by molar-refractivity contribution is 6.57. The molecule has 0 aliphatic rings. The van der Waals surface area contributed by atoms with Crippen LogP contribution in [0.3, 0.4) is 0 Å². The van der Waals surface area contributed by atoms with Gasteiger partial charge in [-0.3, -0.25) is 0 Å². The highest BCUT2D eigenvalue weighted by atomic mass is 27.3. The lowest BCUT2D eigenvalue weighted by atomic mass is 11.5. The largest absolute Gasteiger partial charge is 0.640 e. The molecule has 0 unspecified atom stereocenters. The van der Waals surface area contributed by atoms with E-state index in [4.69, 9.17) is 18.0 Å². The van der Waals surface area contributed by atoms with Crippen molar-refractivity contribution in [1.29, 1.82) is 0 Å². The first kappa shape index (κ1) is 47.7. The lowest BCUT2D eigenvalue weighted by Crippen LogP contribution is -2.27. The van der Waals surface area contributed by atoms with E-state index in [1.165, 1.54) is 0 Å². The maximum absolute atomic E-state index is 5.58. The van der Waals surface area contributed by atoms with Crippen molar-refractivity contribution < 1.29 is 18.0 Å². The van der Waals surface area contributed by atoms with Crippen LogP contribution in [0.25, 0.3) is 0 Å². The molecular formula is C16H52Al6O5. The van der Waals surface area contributed by atoms with Crippen molar-refractivity contribution in [1.82, 2.24) is 0 Å². The molecule has 0 aromatic heterocycles. The third-order valence-electron chi connectivity index (χ3n) is 2.53. The van der Waals surface area contributed by atoms with E-state index in [0.717, 1.165) is 10.9 Å². The minimum atomic E-state index is -1.00. The van der Waals surface area contributed by atoms with Gasteiger partial charge >= 0.3 is 89.0 Å². The molecule has 11 heteroatoms. The molecule has 0 rings (SSSR count). The molecule has 0 aliphatic carbocycles. The topological polar surface area (TPSA) is 46.2 Å². The van der Waals surface area contributed by atoms with E-state index in [9.17, 15) is 0 Å². The van der Waals surface area contributed by atoms with Crippen molar-refractivity contribution in [3.63, 3.8) is 0 Å². The van der Waals surface area contributed by atoms with Gasteiger partial charge in [0.25, 0.3) is 0 Å². The van der Waals surface area contributed by atoms with Crippen molar-refractivity contribution in [3.8, 4) is 0 Å². The van der Waals surface area contributed by atoms with Crippen molar-refractivity contribution in [2.45, 2.75) is 76.0 Å². The predicted octanol–water partition coefficient (Wildman–Crippen LogP) is 4.47. The highest BCUT2D eigenvalue weighted by Crippen LogP contribution is 1.89. The Morgan fingerprint density at radius 1 is 0.593 bits per heavy atom. The molecule has 0 saturated heterocycles. The Morgan fingerprint density at radius 2 is 0.963 bits per heavy atom. The van der Waals surface area contributed by atoms with Crippen LogP contribution in [0.1, 0.15) is 29.7 Å². The second kappa shape index (κ2) is 39.5. The van der Waals surface area contributed by atoms with Gasteiger partial charge < -0.3 is 18.0 Å². The molecule has 27 heavy (non-hydrogen) atoms. The standard InChI is InChI=1S/C2H4O.2CH3O.4CH4.8CH3.6Al.2O.2H/c1-3-2;2*1-2;;;;;;;;;;;;;;;;;;;;;;/h1-2H2;2*1H3;4*1H4;8*1H3;;;;;;;;;;/q;2*-1;;;;;;;;;;;;;;;;;2*+1;;;;. The molecule has 0 bridgehead atoms. The first-order valence-corrected chi connectivity index (χ1v) is 23.0. The molecule has 164 valence electrons. The van der Waals surface area contributed by atoms with E-state index in [2.05, 4.69) is 46.3 Å². The van der Waals surface area contributed by atoms with Gasteiger partial charge in [-0.05, 0) is 0 Å². The summed E-state index contributed by atoms with van der Waals surface area (Å²) in [4.78, 5) is 0. The third-order valence-corrected chi connectivity index (χ3v) is 13.3. The van der Waals surface area contributed by atoms with Crippen LogP contribution in [-0.4, -0.2) is 114 Å². The van der Waals surface area contributed by atoms with Crippen LogP contribution in [0.2, 0.25) is 46.3 Å². The van der Waals surface area contributed by atoms with Gasteiger partial charge in [0.1, 0.15) is 0 Å².